The molecule has 29 heavy (non-hydrogen) atoms. The van der Waals surface area contributed by atoms with Crippen LogP contribution in [0.15, 0.2) is 47.1 Å². The summed E-state index contributed by atoms with van der Waals surface area (Å²) < 4.78 is 7.22. The molecular weight excluding hydrogens is 364 g/mol. The van der Waals surface area contributed by atoms with Gasteiger partial charge in [-0.25, -0.2) is 4.98 Å². The summed E-state index contributed by atoms with van der Waals surface area (Å²) in [5.41, 5.74) is 5.71. The molecule has 148 valence electrons. The fourth-order valence-electron chi connectivity index (χ4n) is 3.76. The van der Waals surface area contributed by atoms with Crippen LogP contribution in [0.1, 0.15) is 41.0 Å². The molecule has 1 N–H and O–H groups in total. The fourth-order valence-corrected chi connectivity index (χ4v) is 3.76. The second-order valence-corrected chi connectivity index (χ2v) is 7.05. The van der Waals surface area contributed by atoms with E-state index in [-0.39, 0.29) is 5.91 Å². The van der Waals surface area contributed by atoms with Crippen molar-refractivity contribution in [2.75, 3.05) is 5.32 Å². The van der Waals surface area contributed by atoms with Crippen molar-refractivity contribution in [3.8, 4) is 11.5 Å². The summed E-state index contributed by atoms with van der Waals surface area (Å²) in [5.74, 6) is 0.444. The van der Waals surface area contributed by atoms with Crippen LogP contribution in [-0.4, -0.2) is 20.7 Å². The number of hydrogen-bond acceptors (Lipinski definition) is 4. The summed E-state index contributed by atoms with van der Waals surface area (Å²) in [4.78, 5) is 18.1. The molecule has 0 aliphatic heterocycles. The van der Waals surface area contributed by atoms with Crippen molar-refractivity contribution in [2.24, 2.45) is 7.05 Å². The molecule has 0 fully saturated rings. The van der Waals surface area contributed by atoms with Crippen LogP contribution in [0.25, 0.3) is 22.5 Å². The highest BCUT2D eigenvalue weighted by Gasteiger charge is 2.21. The Morgan fingerprint density at radius 2 is 1.86 bits per heavy atom. The van der Waals surface area contributed by atoms with E-state index >= 15 is 0 Å². The molecule has 4 aromatic rings. The van der Waals surface area contributed by atoms with Gasteiger partial charge in [0, 0.05) is 12.7 Å². The van der Waals surface area contributed by atoms with E-state index in [1.54, 1.807) is 23.1 Å². The van der Waals surface area contributed by atoms with Crippen LogP contribution in [-0.2, 0) is 19.9 Å². The van der Waals surface area contributed by atoms with Gasteiger partial charge in [-0.2, -0.15) is 5.10 Å². The quantitative estimate of drug-likeness (QED) is 0.527. The highest BCUT2D eigenvalue weighted by atomic mass is 16.3. The molecule has 0 unspecified atom stereocenters. The number of hydrogen-bond donors (Lipinski definition) is 1. The Morgan fingerprint density at radius 1 is 1.14 bits per heavy atom. The third kappa shape index (κ3) is 3.31. The molecule has 0 atom stereocenters. The number of amides is 1. The number of furan rings is 1. The molecule has 0 radical (unpaired) electrons. The number of aromatic nitrogens is 3. The summed E-state index contributed by atoms with van der Waals surface area (Å²) in [6.07, 6.45) is 3.29. The third-order valence-electron chi connectivity index (χ3n) is 5.22. The lowest BCUT2D eigenvalue weighted by atomic mass is 10.0. The largest absolute Gasteiger partial charge is 0.463 e. The number of carbonyl (C=O) groups excluding carboxylic acids is 1. The second kappa shape index (κ2) is 7.54. The zero-order chi connectivity index (χ0) is 20.5. The van der Waals surface area contributed by atoms with Crippen molar-refractivity contribution in [1.82, 2.24) is 14.8 Å². The van der Waals surface area contributed by atoms with E-state index in [1.807, 2.05) is 26.1 Å². The number of pyridine rings is 1. The van der Waals surface area contributed by atoms with Crippen LogP contribution in [0.3, 0.4) is 0 Å². The number of carbonyl (C=O) groups is 1. The summed E-state index contributed by atoms with van der Waals surface area (Å²) in [5, 5.41) is 8.39. The maximum absolute atomic E-state index is 13.4. The smallest absolute Gasteiger partial charge is 0.256 e. The summed E-state index contributed by atoms with van der Waals surface area (Å²) in [7, 11) is 1.83. The van der Waals surface area contributed by atoms with Crippen LogP contribution >= 0.6 is 0 Å². The minimum Gasteiger partial charge on any atom is -0.463 e. The van der Waals surface area contributed by atoms with Crippen LogP contribution in [0, 0.1) is 6.92 Å². The number of nitrogens with zero attached hydrogens (tertiary/aromatic N) is 3. The zero-order valence-corrected chi connectivity index (χ0v) is 17.1. The molecule has 3 heterocycles. The van der Waals surface area contributed by atoms with Gasteiger partial charge in [-0.1, -0.05) is 32.0 Å². The molecule has 6 nitrogen and oxygen atoms in total. The summed E-state index contributed by atoms with van der Waals surface area (Å²) in [6, 6.07) is 11.6. The maximum atomic E-state index is 13.4. The first-order chi connectivity index (χ1) is 14.0. The summed E-state index contributed by atoms with van der Waals surface area (Å²) >= 11 is 0. The molecule has 1 aromatic carbocycles. The monoisotopic (exact) mass is 388 g/mol. The number of para-hydroxylation sites is 1. The Bertz CT molecular complexity index is 1170. The number of anilines is 1. The van der Waals surface area contributed by atoms with Gasteiger partial charge >= 0.3 is 0 Å². The van der Waals surface area contributed by atoms with E-state index in [2.05, 4.69) is 41.4 Å². The van der Waals surface area contributed by atoms with E-state index in [0.29, 0.717) is 22.7 Å². The Balaban J connectivity index is 1.86. The topological polar surface area (TPSA) is 73.0 Å². The van der Waals surface area contributed by atoms with Crippen molar-refractivity contribution >= 4 is 22.6 Å². The molecule has 0 aliphatic carbocycles. The Labute approximate surface area is 169 Å². The van der Waals surface area contributed by atoms with Gasteiger partial charge < -0.3 is 9.73 Å². The van der Waals surface area contributed by atoms with Gasteiger partial charge in [0.15, 0.2) is 11.4 Å². The van der Waals surface area contributed by atoms with Crippen LogP contribution in [0.2, 0.25) is 0 Å². The lowest BCUT2D eigenvalue weighted by Gasteiger charge is -2.15. The highest BCUT2D eigenvalue weighted by molar-refractivity contribution is 6.13. The molecule has 0 bridgehead atoms. The minimum absolute atomic E-state index is 0.170. The standard InChI is InChI=1S/C23H24N4O2/c1-5-15-9-7-10-16(6-2)21(15)25-23(28)17-13-18(19-11-8-12-29-19)24-22-20(17)14(3)26-27(22)4/h7-13H,5-6H2,1-4H3,(H,25,28). The molecule has 1 amide bonds. The van der Waals surface area contributed by atoms with Gasteiger partial charge in [-0.3, -0.25) is 9.48 Å². The van der Waals surface area contributed by atoms with Gasteiger partial charge in [0.25, 0.3) is 5.91 Å². The summed E-state index contributed by atoms with van der Waals surface area (Å²) in [6.45, 7) is 6.08. The normalized spacial score (nSPS) is 11.2. The molecule has 0 saturated heterocycles. The molecule has 0 spiro atoms. The SMILES string of the molecule is CCc1cccc(CC)c1NC(=O)c1cc(-c2ccco2)nc2c1c(C)nn2C. The lowest BCUT2D eigenvalue weighted by molar-refractivity contribution is 0.102. The van der Waals surface area contributed by atoms with E-state index < -0.39 is 0 Å². The fraction of sp³-hybridized carbons (Fsp3) is 0.261. The van der Waals surface area contributed by atoms with E-state index in [0.717, 1.165) is 40.7 Å². The lowest BCUT2D eigenvalue weighted by Crippen LogP contribution is -2.16. The molecule has 4 rings (SSSR count). The number of benzene rings is 1. The van der Waals surface area contributed by atoms with Gasteiger partial charge in [0.2, 0.25) is 0 Å². The van der Waals surface area contributed by atoms with Crippen LogP contribution in [0.4, 0.5) is 5.69 Å². The zero-order valence-electron chi connectivity index (χ0n) is 17.1. The molecule has 0 aliphatic rings. The average molecular weight is 388 g/mol. The molecule has 0 saturated carbocycles. The first kappa shape index (κ1) is 18.9. The van der Waals surface area contributed by atoms with Crippen molar-refractivity contribution in [3.05, 3.63) is 65.0 Å². The van der Waals surface area contributed by atoms with Crippen molar-refractivity contribution in [2.45, 2.75) is 33.6 Å². The number of fused-ring (bicyclic) bond motifs is 1. The predicted octanol–water partition coefficient (Wildman–Crippen LogP) is 4.91. The Hall–Kier alpha value is -3.41. The maximum Gasteiger partial charge on any atom is 0.256 e. The van der Waals surface area contributed by atoms with E-state index in [9.17, 15) is 4.79 Å². The second-order valence-electron chi connectivity index (χ2n) is 7.05. The van der Waals surface area contributed by atoms with Gasteiger partial charge in [0.1, 0.15) is 5.69 Å². The van der Waals surface area contributed by atoms with E-state index in [4.69, 9.17) is 4.42 Å². The Morgan fingerprint density at radius 3 is 2.48 bits per heavy atom. The number of nitrogens with one attached hydrogen (secondary N) is 1. The van der Waals surface area contributed by atoms with Gasteiger partial charge in [0.05, 0.1) is 22.9 Å². The molecule has 3 aromatic heterocycles. The van der Waals surface area contributed by atoms with Crippen LogP contribution in [0.5, 0.6) is 0 Å². The number of aryl methyl sites for hydroxylation is 4. The van der Waals surface area contributed by atoms with Gasteiger partial charge in [-0.15, -0.1) is 0 Å². The Kier molecular flexibility index (Phi) is 4.92. The van der Waals surface area contributed by atoms with Crippen molar-refractivity contribution in [3.63, 3.8) is 0 Å². The average Bonchev–Trinajstić information content (AvgIpc) is 3.36. The van der Waals surface area contributed by atoms with Crippen molar-refractivity contribution < 1.29 is 9.21 Å². The van der Waals surface area contributed by atoms with Gasteiger partial charge in [-0.05, 0) is 49.1 Å². The van der Waals surface area contributed by atoms with Crippen LogP contribution < -0.4 is 5.32 Å². The highest BCUT2D eigenvalue weighted by Crippen LogP contribution is 2.29. The third-order valence-corrected chi connectivity index (χ3v) is 5.22. The minimum atomic E-state index is -0.170. The van der Waals surface area contributed by atoms with E-state index in [1.165, 1.54) is 0 Å². The molecular formula is C23H24N4O2. The number of rotatable bonds is 5. The predicted molar refractivity (Wildman–Crippen MR) is 114 cm³/mol. The first-order valence-electron chi connectivity index (χ1n) is 9.83. The molecule has 6 heteroatoms. The first-order valence-corrected chi connectivity index (χ1v) is 9.83. The van der Waals surface area contributed by atoms with Crippen molar-refractivity contribution in [1.29, 1.82) is 0 Å².